The molecular weight excluding hydrogens is 334 g/mol. The predicted octanol–water partition coefficient (Wildman–Crippen LogP) is 2.39. The molecule has 0 saturated carbocycles. The number of aliphatic hydroxyl groups is 1. The number of hydrogen-bond donors (Lipinski definition) is 3. The first-order valence-corrected chi connectivity index (χ1v) is 7.95. The molecule has 0 aliphatic carbocycles. The Balaban J connectivity index is 2.21. The van der Waals surface area contributed by atoms with Crippen molar-refractivity contribution in [2.45, 2.75) is 6.92 Å². The molecule has 0 spiro atoms. The number of aliphatic hydroxyl groups excluding tert-OH is 1. The summed E-state index contributed by atoms with van der Waals surface area (Å²) < 4.78 is 10.3. The number of carbonyl (C=O) groups excluding carboxylic acids is 1. The molecule has 2 rings (SSSR count). The van der Waals surface area contributed by atoms with Gasteiger partial charge in [-0.3, -0.25) is 10.2 Å². The maximum absolute atomic E-state index is 12.6. The summed E-state index contributed by atoms with van der Waals surface area (Å²) in [5.74, 6) is -1.30. The van der Waals surface area contributed by atoms with Gasteiger partial charge in [0.15, 0.2) is 5.57 Å². The number of carbonyl (C=O) groups is 1. The summed E-state index contributed by atoms with van der Waals surface area (Å²) in [6, 6.07) is 6.54. The fraction of sp³-hybridized carbons (Fsp3) is 0.375. The lowest BCUT2D eigenvalue weighted by Gasteiger charge is -2.29. The van der Waals surface area contributed by atoms with Crippen LogP contribution in [0.4, 0.5) is 5.69 Å². The van der Waals surface area contributed by atoms with E-state index in [2.05, 4.69) is 5.32 Å². The Labute approximate surface area is 145 Å². The summed E-state index contributed by atoms with van der Waals surface area (Å²) in [6.07, 6.45) is 0. The number of halogens is 1. The van der Waals surface area contributed by atoms with Crippen LogP contribution in [0.15, 0.2) is 35.8 Å². The van der Waals surface area contributed by atoms with Crippen molar-refractivity contribution in [3.8, 4) is 0 Å². The highest BCUT2D eigenvalue weighted by molar-refractivity contribution is 6.30. The molecule has 1 amide bonds. The van der Waals surface area contributed by atoms with E-state index >= 15 is 0 Å². The molecule has 0 aromatic heterocycles. The van der Waals surface area contributed by atoms with Gasteiger partial charge < -0.3 is 24.8 Å². The standard InChI is InChI=1S/C16H20ClN3O4/c1-2-24-16(22)13(14(18)20-7-9-23-10-8-20)15(21)19-12-5-3-11(17)4-6-12/h3-6,18,22H,2,7-10H2,1H3,(H,19,21). The lowest BCUT2D eigenvalue weighted by molar-refractivity contribution is -0.113. The fourth-order valence-electron chi connectivity index (χ4n) is 2.19. The van der Waals surface area contributed by atoms with E-state index in [1.165, 1.54) is 0 Å². The number of benzene rings is 1. The first kappa shape index (κ1) is 18.1. The van der Waals surface area contributed by atoms with E-state index in [0.717, 1.165) is 0 Å². The van der Waals surface area contributed by atoms with Gasteiger partial charge in [-0.25, -0.2) is 0 Å². The molecule has 3 N–H and O–H groups in total. The molecule has 1 saturated heterocycles. The summed E-state index contributed by atoms with van der Waals surface area (Å²) in [5, 5.41) is 21.5. The molecule has 1 aromatic carbocycles. The number of rotatable bonds is 5. The zero-order valence-electron chi connectivity index (χ0n) is 13.3. The van der Waals surface area contributed by atoms with Crippen molar-refractivity contribution in [2.24, 2.45) is 0 Å². The van der Waals surface area contributed by atoms with Crippen molar-refractivity contribution >= 4 is 29.0 Å². The lowest BCUT2D eigenvalue weighted by atomic mass is 10.2. The lowest BCUT2D eigenvalue weighted by Crippen LogP contribution is -2.43. The largest absolute Gasteiger partial charge is 0.480 e. The number of amidine groups is 1. The van der Waals surface area contributed by atoms with Crippen LogP contribution in [0.5, 0.6) is 0 Å². The second-order valence-electron chi connectivity index (χ2n) is 5.02. The molecule has 0 unspecified atom stereocenters. The van der Waals surface area contributed by atoms with Gasteiger partial charge in [-0.1, -0.05) is 11.6 Å². The van der Waals surface area contributed by atoms with Crippen molar-refractivity contribution < 1.29 is 19.4 Å². The van der Waals surface area contributed by atoms with Crippen LogP contribution in [-0.4, -0.2) is 54.7 Å². The quantitative estimate of drug-likeness (QED) is 0.327. The van der Waals surface area contributed by atoms with Crippen molar-refractivity contribution in [3.63, 3.8) is 0 Å². The molecule has 1 aromatic rings. The van der Waals surface area contributed by atoms with Crippen LogP contribution in [0.2, 0.25) is 5.02 Å². The first-order valence-electron chi connectivity index (χ1n) is 7.57. The summed E-state index contributed by atoms with van der Waals surface area (Å²) in [7, 11) is 0. The van der Waals surface area contributed by atoms with Crippen LogP contribution in [-0.2, 0) is 14.3 Å². The van der Waals surface area contributed by atoms with Gasteiger partial charge in [0.1, 0.15) is 5.84 Å². The van der Waals surface area contributed by atoms with Gasteiger partial charge in [-0.15, -0.1) is 0 Å². The van der Waals surface area contributed by atoms with Gasteiger partial charge in [0, 0.05) is 23.8 Å². The molecule has 24 heavy (non-hydrogen) atoms. The van der Waals surface area contributed by atoms with Crippen LogP contribution in [0.3, 0.4) is 0 Å². The minimum atomic E-state index is -0.625. The van der Waals surface area contributed by atoms with E-state index in [1.807, 2.05) is 0 Å². The predicted molar refractivity (Wildman–Crippen MR) is 91.5 cm³/mol. The Morgan fingerprint density at radius 2 is 2.00 bits per heavy atom. The van der Waals surface area contributed by atoms with E-state index in [1.54, 1.807) is 36.1 Å². The second-order valence-corrected chi connectivity index (χ2v) is 5.46. The topological polar surface area (TPSA) is 94.9 Å². The minimum absolute atomic E-state index is 0.101. The third-order valence-electron chi connectivity index (χ3n) is 3.39. The SMILES string of the molecule is CCOC(O)=C(C(=N)N1CCOCC1)C(=O)Nc1ccc(Cl)cc1. The maximum atomic E-state index is 12.6. The Morgan fingerprint density at radius 3 is 2.58 bits per heavy atom. The molecule has 0 radical (unpaired) electrons. The van der Waals surface area contributed by atoms with Crippen LogP contribution in [0.25, 0.3) is 0 Å². The summed E-state index contributed by atoms with van der Waals surface area (Å²) >= 11 is 5.82. The van der Waals surface area contributed by atoms with Gasteiger partial charge in [-0.2, -0.15) is 0 Å². The van der Waals surface area contributed by atoms with Gasteiger partial charge in [0.05, 0.1) is 19.8 Å². The zero-order chi connectivity index (χ0) is 17.5. The molecular formula is C16H20ClN3O4. The number of hydrogen-bond acceptors (Lipinski definition) is 5. The van der Waals surface area contributed by atoms with Crippen molar-refractivity contribution in [2.75, 3.05) is 38.2 Å². The minimum Gasteiger partial charge on any atom is -0.480 e. The highest BCUT2D eigenvalue weighted by atomic mass is 35.5. The highest BCUT2D eigenvalue weighted by Gasteiger charge is 2.27. The van der Waals surface area contributed by atoms with Gasteiger partial charge in [-0.05, 0) is 31.2 Å². The summed E-state index contributed by atoms with van der Waals surface area (Å²) in [6.45, 7) is 3.73. The van der Waals surface area contributed by atoms with Crippen molar-refractivity contribution in [1.82, 2.24) is 4.90 Å². The van der Waals surface area contributed by atoms with Gasteiger partial charge in [0.25, 0.3) is 11.9 Å². The highest BCUT2D eigenvalue weighted by Crippen LogP contribution is 2.17. The Bertz CT molecular complexity index is 625. The maximum Gasteiger partial charge on any atom is 0.293 e. The van der Waals surface area contributed by atoms with E-state index < -0.39 is 11.9 Å². The molecule has 1 fully saturated rings. The molecule has 0 bridgehead atoms. The van der Waals surface area contributed by atoms with Crippen LogP contribution in [0, 0.1) is 5.41 Å². The summed E-state index contributed by atoms with van der Waals surface area (Å²) in [5.41, 5.74) is 0.287. The van der Waals surface area contributed by atoms with E-state index in [9.17, 15) is 9.90 Å². The molecule has 130 valence electrons. The van der Waals surface area contributed by atoms with Crippen LogP contribution >= 0.6 is 11.6 Å². The molecule has 1 aliphatic heterocycles. The Hall–Kier alpha value is -2.25. The molecule has 1 heterocycles. The van der Waals surface area contributed by atoms with E-state index in [4.69, 9.17) is 26.5 Å². The molecule has 0 atom stereocenters. The normalized spacial score (nSPS) is 15.5. The molecule has 7 nitrogen and oxygen atoms in total. The Kier molecular flexibility index (Phi) is 6.45. The average molecular weight is 354 g/mol. The number of morpholine rings is 1. The van der Waals surface area contributed by atoms with Crippen LogP contribution in [0.1, 0.15) is 6.92 Å². The van der Waals surface area contributed by atoms with Gasteiger partial charge in [0.2, 0.25) is 0 Å². The third-order valence-corrected chi connectivity index (χ3v) is 3.64. The number of anilines is 1. The molecule has 1 aliphatic rings. The number of nitrogens with one attached hydrogen (secondary N) is 2. The van der Waals surface area contributed by atoms with Gasteiger partial charge >= 0.3 is 0 Å². The Morgan fingerprint density at radius 1 is 1.38 bits per heavy atom. The first-order chi connectivity index (χ1) is 11.5. The zero-order valence-corrected chi connectivity index (χ0v) is 14.1. The average Bonchev–Trinajstić information content (AvgIpc) is 2.58. The molecule has 8 heteroatoms. The van der Waals surface area contributed by atoms with Crippen molar-refractivity contribution in [3.05, 3.63) is 40.8 Å². The number of nitrogens with zero attached hydrogens (tertiary/aromatic N) is 1. The van der Waals surface area contributed by atoms with Crippen LogP contribution < -0.4 is 5.32 Å². The smallest absolute Gasteiger partial charge is 0.293 e. The van der Waals surface area contributed by atoms with E-state index in [0.29, 0.717) is 37.0 Å². The monoisotopic (exact) mass is 353 g/mol. The van der Waals surface area contributed by atoms with E-state index in [-0.39, 0.29) is 18.0 Å². The van der Waals surface area contributed by atoms with Crippen molar-refractivity contribution in [1.29, 1.82) is 5.41 Å². The fourth-order valence-corrected chi connectivity index (χ4v) is 2.31. The second kappa shape index (κ2) is 8.56. The number of amides is 1. The number of ether oxygens (including phenoxy) is 2. The third kappa shape index (κ3) is 4.62. The summed E-state index contributed by atoms with van der Waals surface area (Å²) in [4.78, 5) is 14.2.